The molecule has 0 saturated carbocycles. The third-order valence-electron chi connectivity index (χ3n) is 1.62. The number of nitrogen functional groups attached to an aromatic ring is 2. The Labute approximate surface area is 67.8 Å². The summed E-state index contributed by atoms with van der Waals surface area (Å²) in [5.41, 5.74) is 13.5. The third-order valence-corrected chi connectivity index (χ3v) is 2.26. The molecule has 1 aromatic carbocycles. The first-order chi connectivity index (χ1) is 5.29. The highest BCUT2D eigenvalue weighted by Crippen LogP contribution is 2.26. The summed E-state index contributed by atoms with van der Waals surface area (Å²) in [4.78, 5) is 0. The topological polar surface area (TPSA) is 64.9 Å². The van der Waals surface area contributed by atoms with E-state index in [1.807, 2.05) is 11.4 Å². The second-order valence-electron chi connectivity index (χ2n) is 2.32. The van der Waals surface area contributed by atoms with Crippen molar-refractivity contribution in [2.75, 3.05) is 11.5 Å². The Morgan fingerprint density at radius 2 is 2.09 bits per heavy atom. The average molecular weight is 165 g/mol. The minimum absolute atomic E-state index is 0.623. The van der Waals surface area contributed by atoms with Crippen LogP contribution in [0.2, 0.25) is 0 Å². The molecule has 4 N–H and O–H groups in total. The Balaban J connectivity index is 2.93. The molecule has 0 bridgehead atoms. The Morgan fingerprint density at radius 1 is 1.27 bits per heavy atom. The Morgan fingerprint density at radius 3 is 2.91 bits per heavy atom. The van der Waals surface area contributed by atoms with Crippen LogP contribution in [0.3, 0.4) is 0 Å². The SMILES string of the molecule is Nc1ccc2nscc2c1N. The number of aromatic nitrogens is 1. The lowest BCUT2D eigenvalue weighted by Crippen LogP contribution is -1.93. The fourth-order valence-electron chi connectivity index (χ4n) is 0.981. The summed E-state index contributed by atoms with van der Waals surface area (Å²) in [7, 11) is 0. The lowest BCUT2D eigenvalue weighted by Gasteiger charge is -1.98. The van der Waals surface area contributed by atoms with Gasteiger partial charge in [-0.05, 0) is 23.7 Å². The molecule has 4 heteroatoms. The van der Waals surface area contributed by atoms with Crippen molar-refractivity contribution in [2.45, 2.75) is 0 Å². The zero-order valence-electron chi connectivity index (χ0n) is 5.74. The maximum Gasteiger partial charge on any atom is 0.0863 e. The van der Waals surface area contributed by atoms with E-state index in [0.29, 0.717) is 11.4 Å². The molecule has 0 unspecified atom stereocenters. The molecule has 0 aliphatic rings. The van der Waals surface area contributed by atoms with Crippen LogP contribution in [0.15, 0.2) is 17.5 Å². The molecule has 56 valence electrons. The molecule has 0 fully saturated rings. The predicted octanol–water partition coefficient (Wildman–Crippen LogP) is 1.46. The summed E-state index contributed by atoms with van der Waals surface area (Å²) < 4.78 is 4.13. The van der Waals surface area contributed by atoms with Gasteiger partial charge in [-0.2, -0.15) is 4.37 Å². The largest absolute Gasteiger partial charge is 0.397 e. The van der Waals surface area contributed by atoms with Crippen molar-refractivity contribution in [3.63, 3.8) is 0 Å². The van der Waals surface area contributed by atoms with E-state index in [9.17, 15) is 0 Å². The number of hydrogen-bond donors (Lipinski definition) is 2. The summed E-state index contributed by atoms with van der Waals surface area (Å²) in [6.07, 6.45) is 0. The van der Waals surface area contributed by atoms with E-state index < -0.39 is 0 Å². The van der Waals surface area contributed by atoms with E-state index >= 15 is 0 Å². The first kappa shape index (κ1) is 6.42. The van der Waals surface area contributed by atoms with Crippen LogP contribution >= 0.6 is 11.5 Å². The van der Waals surface area contributed by atoms with Crippen molar-refractivity contribution in [3.05, 3.63) is 17.5 Å². The number of benzene rings is 1. The summed E-state index contributed by atoms with van der Waals surface area (Å²) in [5.74, 6) is 0. The highest BCUT2D eigenvalue weighted by Gasteiger charge is 2.02. The standard InChI is InChI=1S/C7H7N3S/c8-5-1-2-6-4(7(5)9)3-11-10-6/h1-3H,8-9H2. The van der Waals surface area contributed by atoms with Crippen LogP contribution < -0.4 is 11.5 Å². The second-order valence-corrected chi connectivity index (χ2v) is 2.94. The van der Waals surface area contributed by atoms with Gasteiger partial charge in [0.2, 0.25) is 0 Å². The molecule has 0 aliphatic heterocycles. The second kappa shape index (κ2) is 2.10. The van der Waals surface area contributed by atoms with Gasteiger partial charge in [0.05, 0.1) is 16.9 Å². The van der Waals surface area contributed by atoms with Crippen LogP contribution in [0.1, 0.15) is 0 Å². The molecule has 0 spiro atoms. The minimum Gasteiger partial charge on any atom is -0.397 e. The van der Waals surface area contributed by atoms with Gasteiger partial charge >= 0.3 is 0 Å². The molecule has 11 heavy (non-hydrogen) atoms. The lowest BCUT2D eigenvalue weighted by atomic mass is 10.2. The zero-order valence-corrected chi connectivity index (χ0v) is 6.56. The molecule has 0 atom stereocenters. The molecule has 0 radical (unpaired) electrons. The number of nitrogens with two attached hydrogens (primary N) is 2. The third kappa shape index (κ3) is 0.832. The fraction of sp³-hybridized carbons (Fsp3) is 0. The van der Waals surface area contributed by atoms with Crippen molar-refractivity contribution in [3.8, 4) is 0 Å². The van der Waals surface area contributed by atoms with E-state index in [-0.39, 0.29) is 0 Å². The highest BCUT2D eigenvalue weighted by molar-refractivity contribution is 7.04. The molecule has 1 heterocycles. The van der Waals surface area contributed by atoms with Gasteiger partial charge in [0.1, 0.15) is 0 Å². The van der Waals surface area contributed by atoms with Crippen LogP contribution in [0, 0.1) is 0 Å². The molecule has 2 rings (SSSR count). The average Bonchev–Trinajstić information content (AvgIpc) is 2.45. The fourth-order valence-corrected chi connectivity index (χ4v) is 1.66. The monoisotopic (exact) mass is 165 g/mol. The molecule has 2 aromatic rings. The normalized spacial score (nSPS) is 10.5. The first-order valence-corrected chi connectivity index (χ1v) is 4.01. The van der Waals surface area contributed by atoms with Gasteiger partial charge in [-0.3, -0.25) is 0 Å². The molecule has 0 amide bonds. The molecule has 3 nitrogen and oxygen atoms in total. The minimum atomic E-state index is 0.623. The summed E-state index contributed by atoms with van der Waals surface area (Å²) >= 11 is 1.39. The highest BCUT2D eigenvalue weighted by atomic mass is 32.1. The maximum absolute atomic E-state index is 5.70. The van der Waals surface area contributed by atoms with Crippen molar-refractivity contribution in [1.29, 1.82) is 0 Å². The van der Waals surface area contributed by atoms with Crippen molar-refractivity contribution in [1.82, 2.24) is 4.37 Å². The number of rotatable bonds is 0. The summed E-state index contributed by atoms with van der Waals surface area (Å²) in [6.45, 7) is 0. The van der Waals surface area contributed by atoms with Crippen LogP contribution in [0.4, 0.5) is 11.4 Å². The molecular weight excluding hydrogens is 158 g/mol. The zero-order chi connectivity index (χ0) is 7.84. The van der Waals surface area contributed by atoms with Crippen molar-refractivity contribution >= 4 is 33.8 Å². The number of fused-ring (bicyclic) bond motifs is 1. The van der Waals surface area contributed by atoms with Gasteiger partial charge in [0, 0.05) is 10.8 Å². The number of hydrogen-bond acceptors (Lipinski definition) is 4. The lowest BCUT2D eigenvalue weighted by molar-refractivity contribution is 1.65. The van der Waals surface area contributed by atoms with Crippen molar-refractivity contribution in [2.24, 2.45) is 0 Å². The summed E-state index contributed by atoms with van der Waals surface area (Å²) in [6, 6.07) is 3.65. The van der Waals surface area contributed by atoms with Gasteiger partial charge in [0.25, 0.3) is 0 Å². The Kier molecular flexibility index (Phi) is 1.22. The molecule has 0 saturated heterocycles. The summed E-state index contributed by atoms with van der Waals surface area (Å²) in [5, 5.41) is 2.86. The van der Waals surface area contributed by atoms with E-state index in [4.69, 9.17) is 11.5 Å². The smallest absolute Gasteiger partial charge is 0.0863 e. The molecule has 0 aliphatic carbocycles. The van der Waals surface area contributed by atoms with Gasteiger partial charge in [0.15, 0.2) is 0 Å². The number of nitrogens with zero attached hydrogens (tertiary/aromatic N) is 1. The van der Waals surface area contributed by atoms with E-state index in [1.54, 1.807) is 6.07 Å². The van der Waals surface area contributed by atoms with Crippen LogP contribution in [-0.2, 0) is 0 Å². The Bertz CT molecular complexity index is 393. The molecular formula is C7H7N3S. The van der Waals surface area contributed by atoms with Gasteiger partial charge in [-0.1, -0.05) is 0 Å². The van der Waals surface area contributed by atoms with Gasteiger partial charge < -0.3 is 11.5 Å². The van der Waals surface area contributed by atoms with Crippen LogP contribution in [-0.4, -0.2) is 4.37 Å². The Hall–Kier alpha value is -1.29. The molecule has 1 aromatic heterocycles. The van der Waals surface area contributed by atoms with E-state index in [2.05, 4.69) is 4.37 Å². The first-order valence-electron chi connectivity index (χ1n) is 3.17. The van der Waals surface area contributed by atoms with E-state index in [1.165, 1.54) is 11.5 Å². The van der Waals surface area contributed by atoms with Crippen LogP contribution in [0.25, 0.3) is 10.9 Å². The quantitative estimate of drug-likeness (QED) is 0.581. The maximum atomic E-state index is 5.70. The number of anilines is 2. The van der Waals surface area contributed by atoms with Crippen molar-refractivity contribution < 1.29 is 0 Å². The van der Waals surface area contributed by atoms with Crippen LogP contribution in [0.5, 0.6) is 0 Å². The predicted molar refractivity (Wildman–Crippen MR) is 48.4 cm³/mol. The van der Waals surface area contributed by atoms with E-state index in [0.717, 1.165) is 10.9 Å². The van der Waals surface area contributed by atoms with Gasteiger partial charge in [-0.15, -0.1) is 0 Å². The van der Waals surface area contributed by atoms with Gasteiger partial charge in [-0.25, -0.2) is 0 Å².